The van der Waals surface area contributed by atoms with E-state index in [9.17, 15) is 4.79 Å². The van der Waals surface area contributed by atoms with Crippen LogP contribution in [0.15, 0.2) is 0 Å². The van der Waals surface area contributed by atoms with Crippen LogP contribution in [-0.4, -0.2) is 42.8 Å². The van der Waals surface area contributed by atoms with Crippen LogP contribution < -0.4 is 0 Å². The Labute approximate surface area is 52.6 Å². The SMILES string of the molecule is COC[C](=O)[PbH]. The monoisotopic (exact) mass is 282 g/mol. The predicted molar refractivity (Wildman–Crippen MR) is 24.0 cm³/mol. The third kappa shape index (κ3) is 4.55. The van der Waals surface area contributed by atoms with E-state index in [4.69, 9.17) is 0 Å². The van der Waals surface area contributed by atoms with Gasteiger partial charge in [-0.05, 0) is 0 Å². The van der Waals surface area contributed by atoms with Crippen molar-refractivity contribution in [3.8, 4) is 0 Å². The van der Waals surface area contributed by atoms with Gasteiger partial charge in [-0.15, -0.1) is 0 Å². The van der Waals surface area contributed by atoms with Crippen molar-refractivity contribution < 1.29 is 9.53 Å². The molecule has 0 unspecified atom stereocenters. The van der Waals surface area contributed by atoms with Crippen molar-refractivity contribution in [1.29, 1.82) is 0 Å². The van der Waals surface area contributed by atoms with Crippen LogP contribution in [0.1, 0.15) is 0 Å². The molecule has 0 aliphatic rings. The Balaban J connectivity index is 2.83. The van der Waals surface area contributed by atoms with Crippen molar-refractivity contribution >= 4 is 29.1 Å². The van der Waals surface area contributed by atoms with Crippen molar-refractivity contribution in [2.45, 2.75) is 0 Å². The summed E-state index contributed by atoms with van der Waals surface area (Å²) in [6.07, 6.45) is 0. The number of carbonyl (C=O) groups is 1. The number of methoxy groups -OCH3 is 1. The average molecular weight is 281 g/mol. The number of ether oxygens (including phenoxy) is 1. The second-order valence-electron chi connectivity index (χ2n) is 0.899. The normalized spacial score (nSPS) is 8.33. The van der Waals surface area contributed by atoms with Crippen LogP contribution in [-0.2, 0) is 9.53 Å². The van der Waals surface area contributed by atoms with Crippen molar-refractivity contribution in [2.24, 2.45) is 0 Å². The molecule has 2 radical (unpaired) electrons. The van der Waals surface area contributed by atoms with E-state index in [1.807, 2.05) is 0 Å². The third-order valence-corrected chi connectivity index (χ3v) is 0.935. The Hall–Kier alpha value is 0.552. The zero-order valence-corrected chi connectivity index (χ0v) is 8.09. The third-order valence-electron chi connectivity index (χ3n) is 0.287. The van der Waals surface area contributed by atoms with Crippen LogP contribution in [0.2, 0.25) is 0 Å². The Kier molecular flexibility index (Phi) is 4.08. The molecule has 2 nitrogen and oxygen atoms in total. The molecule has 0 saturated heterocycles. The van der Waals surface area contributed by atoms with E-state index in [0.29, 0.717) is 32.4 Å². The molecule has 3 heteroatoms. The number of hydrogen-bond donors (Lipinski definition) is 0. The summed E-state index contributed by atoms with van der Waals surface area (Å²) in [6, 6.07) is 0. The summed E-state index contributed by atoms with van der Waals surface area (Å²) in [5, 5.41) is 0. The van der Waals surface area contributed by atoms with Gasteiger partial charge < -0.3 is 0 Å². The Morgan fingerprint density at radius 2 is 2.50 bits per heavy atom. The zero-order valence-electron chi connectivity index (χ0n) is 3.60. The molecule has 0 aliphatic carbocycles. The standard InChI is InChI=1S/C3H5O2.Pb.H/c1-5-3-2-4;;/h3H2,1H3;;. The van der Waals surface area contributed by atoms with Crippen LogP contribution in [0.25, 0.3) is 0 Å². The van der Waals surface area contributed by atoms with Crippen molar-refractivity contribution in [2.75, 3.05) is 13.7 Å². The second-order valence-corrected chi connectivity index (χ2v) is 3.40. The topological polar surface area (TPSA) is 26.3 Å². The molecule has 0 fully saturated rings. The Morgan fingerprint density at radius 3 is 2.50 bits per heavy atom. The summed E-state index contributed by atoms with van der Waals surface area (Å²) in [5.74, 6) is 0. The van der Waals surface area contributed by atoms with Gasteiger partial charge in [0.25, 0.3) is 0 Å². The molecule has 0 aromatic heterocycles. The molecular weight excluding hydrogens is 275 g/mol. The minimum absolute atomic E-state index is 0.234. The minimum atomic E-state index is 0.234. The molecule has 0 heterocycles. The molecule has 0 aliphatic heterocycles. The van der Waals surface area contributed by atoms with E-state index in [-0.39, 0.29) is 3.34 Å². The number of rotatable bonds is 2. The van der Waals surface area contributed by atoms with Gasteiger partial charge in [0.15, 0.2) is 0 Å². The van der Waals surface area contributed by atoms with Gasteiger partial charge in [-0.1, -0.05) is 0 Å². The molecule has 0 bridgehead atoms. The summed E-state index contributed by atoms with van der Waals surface area (Å²) in [7, 11) is 1.53. The second kappa shape index (κ2) is 3.73. The first-order chi connectivity index (χ1) is 2.77. The van der Waals surface area contributed by atoms with Gasteiger partial charge in [0, 0.05) is 0 Å². The summed E-state index contributed by atoms with van der Waals surface area (Å²) in [5.41, 5.74) is 0. The molecular formula is C3H6O2Pb. The first-order valence-electron chi connectivity index (χ1n) is 1.54. The van der Waals surface area contributed by atoms with Crippen LogP contribution in [0.3, 0.4) is 0 Å². The van der Waals surface area contributed by atoms with E-state index in [1.165, 1.54) is 7.11 Å². The van der Waals surface area contributed by atoms with Gasteiger partial charge in [0.05, 0.1) is 0 Å². The van der Waals surface area contributed by atoms with Crippen LogP contribution >= 0.6 is 0 Å². The van der Waals surface area contributed by atoms with Crippen molar-refractivity contribution in [1.82, 2.24) is 0 Å². The molecule has 0 spiro atoms. The van der Waals surface area contributed by atoms with E-state index in [0.717, 1.165) is 0 Å². The molecule has 0 aromatic carbocycles. The maximum absolute atomic E-state index is 9.99. The van der Waals surface area contributed by atoms with Gasteiger partial charge in [-0.25, -0.2) is 0 Å². The molecule has 0 amide bonds. The van der Waals surface area contributed by atoms with Gasteiger partial charge >= 0.3 is 52.4 Å². The fourth-order valence-electron chi connectivity index (χ4n) is 0.142. The molecule has 34 valence electrons. The van der Waals surface area contributed by atoms with E-state index >= 15 is 0 Å². The number of hydrogen-bond acceptors (Lipinski definition) is 2. The molecule has 0 saturated carbocycles. The van der Waals surface area contributed by atoms with Gasteiger partial charge in [-0.3, -0.25) is 0 Å². The fourth-order valence-corrected chi connectivity index (χ4v) is 0.790. The molecule has 0 atom stereocenters. The summed E-state index contributed by atoms with van der Waals surface area (Å²) in [4.78, 5) is 9.99. The summed E-state index contributed by atoms with van der Waals surface area (Å²) >= 11 is 0.440. The molecule has 6 heavy (non-hydrogen) atoms. The van der Waals surface area contributed by atoms with Gasteiger partial charge in [-0.2, -0.15) is 0 Å². The van der Waals surface area contributed by atoms with Gasteiger partial charge in [0.2, 0.25) is 0 Å². The van der Waals surface area contributed by atoms with E-state index < -0.39 is 0 Å². The van der Waals surface area contributed by atoms with Crippen LogP contribution in [0.5, 0.6) is 0 Å². The maximum atomic E-state index is 9.99. The Bertz CT molecular complexity index is 52.8. The summed E-state index contributed by atoms with van der Waals surface area (Å²) in [6.45, 7) is 0.310. The first kappa shape index (κ1) is 6.55. The van der Waals surface area contributed by atoms with Crippen molar-refractivity contribution in [3.05, 3.63) is 0 Å². The molecule has 0 N–H and O–H groups in total. The van der Waals surface area contributed by atoms with Crippen molar-refractivity contribution in [3.63, 3.8) is 0 Å². The zero-order chi connectivity index (χ0) is 4.99. The average Bonchev–Trinajstić information content (AvgIpc) is 1.35. The van der Waals surface area contributed by atoms with E-state index in [1.54, 1.807) is 0 Å². The van der Waals surface area contributed by atoms with Crippen LogP contribution in [0, 0.1) is 0 Å². The van der Waals surface area contributed by atoms with Gasteiger partial charge in [0.1, 0.15) is 0 Å². The molecule has 0 aromatic rings. The summed E-state index contributed by atoms with van der Waals surface area (Å²) < 4.78 is 4.73. The van der Waals surface area contributed by atoms with Crippen LogP contribution in [0.4, 0.5) is 0 Å². The Morgan fingerprint density at radius 1 is 2.00 bits per heavy atom. The fraction of sp³-hybridized carbons (Fsp3) is 0.667. The molecule has 0 rings (SSSR count). The first-order valence-corrected chi connectivity index (χ1v) is 3.79. The quantitative estimate of drug-likeness (QED) is 0.611. The number of carbonyl (C=O) groups excluding carboxylic acids is 1. The van der Waals surface area contributed by atoms with E-state index in [2.05, 4.69) is 4.74 Å². The predicted octanol–water partition coefficient (Wildman–Crippen LogP) is -0.940.